The normalized spacial score (nSPS) is 10.5. The maximum absolute atomic E-state index is 6.06. The van der Waals surface area contributed by atoms with Gasteiger partial charge in [-0.15, -0.1) is 0 Å². The van der Waals surface area contributed by atoms with Gasteiger partial charge in [-0.25, -0.2) is 0 Å². The van der Waals surface area contributed by atoms with Crippen LogP contribution in [-0.2, 0) is 6.42 Å². The molecule has 2 rings (SSSR count). The van der Waals surface area contributed by atoms with Gasteiger partial charge in [-0.1, -0.05) is 34.4 Å². The summed E-state index contributed by atoms with van der Waals surface area (Å²) in [5.74, 6) is 0.588. The maximum atomic E-state index is 6.06. The summed E-state index contributed by atoms with van der Waals surface area (Å²) in [6.45, 7) is 2.70. The molecule has 0 amide bonds. The molecule has 0 atom stereocenters. The zero-order valence-electron chi connectivity index (χ0n) is 9.20. The van der Waals surface area contributed by atoms with Gasteiger partial charge in [-0.3, -0.25) is 0 Å². The fraction of sp³-hybridized carbons (Fsp3) is 0.273. The van der Waals surface area contributed by atoms with Crippen molar-refractivity contribution in [3.63, 3.8) is 0 Å². The molecule has 0 aliphatic carbocycles. The molecule has 1 aromatic carbocycles. The van der Waals surface area contributed by atoms with Gasteiger partial charge in [0.1, 0.15) is 0 Å². The van der Waals surface area contributed by atoms with Gasteiger partial charge in [0.25, 0.3) is 0 Å². The molecule has 6 heteroatoms. The Morgan fingerprint density at radius 3 is 2.88 bits per heavy atom. The van der Waals surface area contributed by atoms with Crippen molar-refractivity contribution in [1.82, 2.24) is 10.1 Å². The van der Waals surface area contributed by atoms with E-state index in [4.69, 9.17) is 27.7 Å². The average Bonchev–Trinajstić information content (AvgIpc) is 2.71. The molecule has 2 aromatic rings. The molecule has 0 spiro atoms. The van der Waals surface area contributed by atoms with E-state index < -0.39 is 0 Å². The number of rotatable bonds is 4. The highest BCUT2D eigenvalue weighted by molar-refractivity contribution is 6.35. The lowest BCUT2D eigenvalue weighted by molar-refractivity contribution is 0.424. The molecule has 0 aliphatic heterocycles. The van der Waals surface area contributed by atoms with Crippen LogP contribution in [0.2, 0.25) is 10.0 Å². The molecular weight excluding hydrogens is 261 g/mol. The molecule has 1 aromatic heterocycles. The van der Waals surface area contributed by atoms with E-state index in [9.17, 15) is 0 Å². The van der Waals surface area contributed by atoms with E-state index in [1.54, 1.807) is 12.1 Å². The predicted octanol–water partition coefficient (Wildman–Crippen LogP) is 3.40. The van der Waals surface area contributed by atoms with Crippen LogP contribution in [0.3, 0.4) is 0 Å². The molecule has 1 heterocycles. The lowest BCUT2D eigenvalue weighted by Gasteiger charge is -2.00. The highest BCUT2D eigenvalue weighted by atomic mass is 35.5. The van der Waals surface area contributed by atoms with E-state index >= 15 is 0 Å². The van der Waals surface area contributed by atoms with Crippen LogP contribution in [0, 0.1) is 0 Å². The number of hydrogen-bond donors (Lipinski definition) is 1. The first-order valence-corrected chi connectivity index (χ1v) is 5.95. The van der Waals surface area contributed by atoms with Gasteiger partial charge >= 0.3 is 6.01 Å². The fourth-order valence-corrected chi connectivity index (χ4v) is 1.86. The first-order valence-electron chi connectivity index (χ1n) is 5.19. The topological polar surface area (TPSA) is 51.0 Å². The van der Waals surface area contributed by atoms with Gasteiger partial charge in [0, 0.05) is 23.0 Å². The minimum absolute atomic E-state index is 0.424. The minimum atomic E-state index is 0.424. The van der Waals surface area contributed by atoms with Crippen molar-refractivity contribution >= 4 is 29.2 Å². The summed E-state index contributed by atoms with van der Waals surface area (Å²) in [6.07, 6.45) is 0.519. The predicted molar refractivity (Wildman–Crippen MR) is 67.7 cm³/mol. The van der Waals surface area contributed by atoms with Crippen LogP contribution in [0.1, 0.15) is 18.3 Å². The lowest BCUT2D eigenvalue weighted by Crippen LogP contribution is -1.97. The zero-order chi connectivity index (χ0) is 12.3. The van der Waals surface area contributed by atoms with Gasteiger partial charge in [0.15, 0.2) is 5.82 Å². The fourth-order valence-electron chi connectivity index (χ4n) is 1.38. The molecule has 0 bridgehead atoms. The monoisotopic (exact) mass is 271 g/mol. The van der Waals surface area contributed by atoms with Crippen LogP contribution in [0.5, 0.6) is 0 Å². The number of nitrogens with zero attached hydrogens (tertiary/aromatic N) is 2. The quantitative estimate of drug-likeness (QED) is 0.926. The molecule has 0 saturated heterocycles. The molecule has 90 valence electrons. The zero-order valence-corrected chi connectivity index (χ0v) is 10.7. The number of nitrogens with one attached hydrogen (secondary N) is 1. The summed E-state index contributed by atoms with van der Waals surface area (Å²) in [4.78, 5) is 4.18. The van der Waals surface area contributed by atoms with Gasteiger partial charge in [-0.2, -0.15) is 4.98 Å². The second kappa shape index (κ2) is 5.38. The lowest BCUT2D eigenvalue weighted by atomic mass is 10.1. The second-order valence-corrected chi connectivity index (χ2v) is 4.30. The highest BCUT2D eigenvalue weighted by Gasteiger charge is 2.08. The van der Waals surface area contributed by atoms with Crippen molar-refractivity contribution in [3.8, 4) is 0 Å². The molecule has 0 fully saturated rings. The molecule has 17 heavy (non-hydrogen) atoms. The summed E-state index contributed by atoms with van der Waals surface area (Å²) >= 11 is 11.9. The number of anilines is 1. The molecule has 0 aliphatic rings. The molecule has 0 radical (unpaired) electrons. The van der Waals surface area contributed by atoms with Crippen LogP contribution < -0.4 is 5.32 Å². The van der Waals surface area contributed by atoms with E-state index in [1.165, 1.54) is 0 Å². The third kappa shape index (κ3) is 3.11. The third-order valence-corrected chi connectivity index (χ3v) is 2.75. The number of hydrogen-bond acceptors (Lipinski definition) is 4. The van der Waals surface area contributed by atoms with E-state index in [-0.39, 0.29) is 0 Å². The van der Waals surface area contributed by atoms with E-state index in [1.807, 2.05) is 13.0 Å². The van der Waals surface area contributed by atoms with Crippen LogP contribution >= 0.6 is 23.2 Å². The van der Waals surface area contributed by atoms with Crippen molar-refractivity contribution in [2.75, 3.05) is 11.9 Å². The Kier molecular flexibility index (Phi) is 3.86. The van der Waals surface area contributed by atoms with Gasteiger partial charge in [0.05, 0.1) is 0 Å². The molecule has 4 nitrogen and oxygen atoms in total. The Morgan fingerprint density at radius 2 is 2.18 bits per heavy atom. The van der Waals surface area contributed by atoms with E-state index in [0.29, 0.717) is 28.3 Å². The Bertz CT molecular complexity index is 513. The van der Waals surface area contributed by atoms with Crippen LogP contribution in [0.15, 0.2) is 22.7 Å². The third-order valence-electron chi connectivity index (χ3n) is 2.16. The largest absolute Gasteiger partial charge is 0.338 e. The van der Waals surface area contributed by atoms with Crippen LogP contribution in [0.4, 0.5) is 6.01 Å². The molecule has 0 saturated carbocycles. The minimum Gasteiger partial charge on any atom is -0.338 e. The Morgan fingerprint density at radius 1 is 1.35 bits per heavy atom. The smallest absolute Gasteiger partial charge is 0.321 e. The molecular formula is C11H11Cl2N3O. The second-order valence-electron chi connectivity index (χ2n) is 3.46. The van der Waals surface area contributed by atoms with Crippen molar-refractivity contribution in [1.29, 1.82) is 0 Å². The Hall–Kier alpha value is -1.26. The summed E-state index contributed by atoms with van der Waals surface area (Å²) in [7, 11) is 0. The van der Waals surface area contributed by atoms with Gasteiger partial charge in [-0.05, 0) is 24.6 Å². The standard InChI is InChI=1S/C11H11Cl2N3O/c1-2-14-11-15-10(16-17-11)5-7-3-4-8(12)6-9(7)13/h3-4,6H,2,5H2,1H3,(H,14,15,16). The summed E-state index contributed by atoms with van der Waals surface area (Å²) in [5, 5.41) is 8.01. The summed E-state index contributed by atoms with van der Waals surface area (Å²) in [5.41, 5.74) is 0.917. The summed E-state index contributed by atoms with van der Waals surface area (Å²) in [6, 6.07) is 5.76. The van der Waals surface area contributed by atoms with Gasteiger partial charge in [0.2, 0.25) is 0 Å². The average molecular weight is 272 g/mol. The van der Waals surface area contributed by atoms with Crippen molar-refractivity contribution < 1.29 is 4.52 Å². The SMILES string of the molecule is CCNc1nc(Cc2ccc(Cl)cc2Cl)no1. The number of aromatic nitrogens is 2. The Balaban J connectivity index is 2.13. The molecule has 0 unspecified atom stereocenters. The van der Waals surface area contributed by atoms with E-state index in [0.717, 1.165) is 12.1 Å². The van der Waals surface area contributed by atoms with E-state index in [2.05, 4.69) is 15.5 Å². The van der Waals surface area contributed by atoms with Crippen molar-refractivity contribution in [3.05, 3.63) is 39.6 Å². The number of halogens is 2. The van der Waals surface area contributed by atoms with Crippen LogP contribution in [0.25, 0.3) is 0 Å². The van der Waals surface area contributed by atoms with Gasteiger partial charge < -0.3 is 9.84 Å². The maximum Gasteiger partial charge on any atom is 0.321 e. The van der Waals surface area contributed by atoms with Crippen molar-refractivity contribution in [2.24, 2.45) is 0 Å². The van der Waals surface area contributed by atoms with Crippen molar-refractivity contribution in [2.45, 2.75) is 13.3 Å². The number of benzene rings is 1. The first kappa shape index (κ1) is 12.2. The molecule has 1 N–H and O–H groups in total. The Labute approximate surface area is 109 Å². The summed E-state index contributed by atoms with van der Waals surface area (Å²) < 4.78 is 5.00. The van der Waals surface area contributed by atoms with Crippen LogP contribution in [-0.4, -0.2) is 16.7 Å². The highest BCUT2D eigenvalue weighted by Crippen LogP contribution is 2.22. The first-order chi connectivity index (χ1) is 8.19.